The molecule has 0 aromatic heterocycles. The van der Waals surface area contributed by atoms with Crippen molar-refractivity contribution in [2.75, 3.05) is 19.7 Å². The molecule has 76 valence electrons. The molecule has 0 saturated carbocycles. The Morgan fingerprint density at radius 3 is 3.00 bits per heavy atom. The van der Waals surface area contributed by atoms with Crippen molar-refractivity contribution in [1.82, 2.24) is 5.32 Å². The van der Waals surface area contributed by atoms with Crippen LogP contribution in [0.2, 0.25) is 5.02 Å². The number of nitrogens with one attached hydrogen (secondary N) is 1. The van der Waals surface area contributed by atoms with E-state index in [1.165, 1.54) is 5.56 Å². The van der Waals surface area contributed by atoms with E-state index in [-0.39, 0.29) is 6.10 Å². The van der Waals surface area contributed by atoms with Gasteiger partial charge in [-0.05, 0) is 11.6 Å². The molecular formula is C11H14ClNO. The summed E-state index contributed by atoms with van der Waals surface area (Å²) in [5.41, 5.74) is 1.17. The zero-order chi connectivity index (χ0) is 9.80. The van der Waals surface area contributed by atoms with Crippen molar-refractivity contribution >= 4 is 11.6 Å². The molecule has 1 aromatic carbocycles. The first-order chi connectivity index (χ1) is 6.86. The molecule has 0 radical (unpaired) electrons. The predicted molar refractivity (Wildman–Crippen MR) is 57.8 cm³/mol. The minimum Gasteiger partial charge on any atom is -0.375 e. The second-order valence-corrected chi connectivity index (χ2v) is 3.90. The first-order valence-electron chi connectivity index (χ1n) is 4.92. The Morgan fingerprint density at radius 2 is 2.29 bits per heavy atom. The highest BCUT2D eigenvalue weighted by Gasteiger charge is 2.14. The lowest BCUT2D eigenvalue weighted by molar-refractivity contribution is 0.0292. The lowest BCUT2D eigenvalue weighted by Crippen LogP contribution is -2.39. The zero-order valence-corrected chi connectivity index (χ0v) is 8.76. The normalized spacial score (nSPS) is 22.2. The van der Waals surface area contributed by atoms with Crippen LogP contribution in [0.15, 0.2) is 24.3 Å². The summed E-state index contributed by atoms with van der Waals surface area (Å²) in [7, 11) is 0. The number of halogens is 1. The summed E-state index contributed by atoms with van der Waals surface area (Å²) in [4.78, 5) is 0. The van der Waals surface area contributed by atoms with Crippen molar-refractivity contribution in [2.24, 2.45) is 0 Å². The maximum Gasteiger partial charge on any atom is 0.0740 e. The maximum atomic E-state index is 6.07. The summed E-state index contributed by atoms with van der Waals surface area (Å²) in [6.07, 6.45) is 1.16. The van der Waals surface area contributed by atoms with Gasteiger partial charge < -0.3 is 10.1 Å². The molecule has 1 fully saturated rings. The molecule has 14 heavy (non-hydrogen) atoms. The Balaban J connectivity index is 1.99. The molecule has 0 bridgehead atoms. The minimum atomic E-state index is 0.267. The highest BCUT2D eigenvalue weighted by Crippen LogP contribution is 2.17. The van der Waals surface area contributed by atoms with Crippen molar-refractivity contribution < 1.29 is 4.74 Å². The number of hydrogen-bond donors (Lipinski definition) is 1. The predicted octanol–water partition coefficient (Wildman–Crippen LogP) is 1.87. The molecule has 2 rings (SSSR count). The molecular weight excluding hydrogens is 198 g/mol. The summed E-state index contributed by atoms with van der Waals surface area (Å²) in [6.45, 7) is 2.68. The van der Waals surface area contributed by atoms with Gasteiger partial charge in [0.25, 0.3) is 0 Å². The van der Waals surface area contributed by atoms with Crippen molar-refractivity contribution in [1.29, 1.82) is 0 Å². The first kappa shape index (κ1) is 9.97. The van der Waals surface area contributed by atoms with E-state index in [4.69, 9.17) is 16.3 Å². The van der Waals surface area contributed by atoms with E-state index in [9.17, 15) is 0 Å². The number of morpholine rings is 1. The van der Waals surface area contributed by atoms with E-state index in [2.05, 4.69) is 11.4 Å². The number of ether oxygens (including phenoxy) is 1. The maximum absolute atomic E-state index is 6.07. The van der Waals surface area contributed by atoms with E-state index in [1.54, 1.807) is 0 Å². The molecule has 3 heteroatoms. The minimum absolute atomic E-state index is 0.267. The van der Waals surface area contributed by atoms with E-state index in [1.807, 2.05) is 18.2 Å². The van der Waals surface area contributed by atoms with Crippen LogP contribution in [0.1, 0.15) is 5.56 Å². The summed E-state index contributed by atoms with van der Waals surface area (Å²) in [5, 5.41) is 4.14. The van der Waals surface area contributed by atoms with Gasteiger partial charge in [-0.25, -0.2) is 0 Å². The Bertz CT molecular complexity index is 297. The van der Waals surface area contributed by atoms with Crippen LogP contribution in [0.4, 0.5) is 0 Å². The van der Waals surface area contributed by atoms with Crippen LogP contribution >= 0.6 is 11.6 Å². The Morgan fingerprint density at radius 1 is 1.43 bits per heavy atom. The van der Waals surface area contributed by atoms with Crippen LogP contribution in [0, 0.1) is 0 Å². The molecule has 0 aliphatic carbocycles. The van der Waals surface area contributed by atoms with Gasteiger partial charge in [-0.2, -0.15) is 0 Å². The average molecular weight is 212 g/mol. The van der Waals surface area contributed by atoms with Gasteiger partial charge in [-0.15, -0.1) is 0 Å². The molecule has 0 unspecified atom stereocenters. The quantitative estimate of drug-likeness (QED) is 0.807. The molecule has 0 spiro atoms. The van der Waals surface area contributed by atoms with Gasteiger partial charge in [0.2, 0.25) is 0 Å². The van der Waals surface area contributed by atoms with E-state index >= 15 is 0 Å². The van der Waals surface area contributed by atoms with Crippen LogP contribution in [0.3, 0.4) is 0 Å². The number of benzene rings is 1. The van der Waals surface area contributed by atoms with Gasteiger partial charge in [0, 0.05) is 24.5 Å². The summed E-state index contributed by atoms with van der Waals surface area (Å²) >= 11 is 6.07. The van der Waals surface area contributed by atoms with Crippen LogP contribution in [-0.4, -0.2) is 25.8 Å². The Kier molecular flexibility index (Phi) is 3.40. The topological polar surface area (TPSA) is 21.3 Å². The van der Waals surface area contributed by atoms with Crippen molar-refractivity contribution in [3.63, 3.8) is 0 Å². The third-order valence-corrected chi connectivity index (χ3v) is 2.78. The van der Waals surface area contributed by atoms with Gasteiger partial charge in [-0.3, -0.25) is 0 Å². The molecule has 0 amide bonds. The largest absolute Gasteiger partial charge is 0.375 e. The SMILES string of the molecule is Clc1ccccc1C[C@H]1CNCCO1. The molecule has 1 atom stereocenters. The van der Waals surface area contributed by atoms with Crippen LogP contribution < -0.4 is 5.32 Å². The molecule has 2 nitrogen and oxygen atoms in total. The van der Waals surface area contributed by atoms with E-state index in [0.29, 0.717) is 0 Å². The summed E-state index contributed by atoms with van der Waals surface area (Å²) < 4.78 is 5.62. The molecule has 1 saturated heterocycles. The Hall–Kier alpha value is -0.570. The van der Waals surface area contributed by atoms with Gasteiger partial charge >= 0.3 is 0 Å². The van der Waals surface area contributed by atoms with Gasteiger partial charge in [0.1, 0.15) is 0 Å². The zero-order valence-electron chi connectivity index (χ0n) is 8.00. The van der Waals surface area contributed by atoms with Gasteiger partial charge in [-0.1, -0.05) is 29.8 Å². The van der Waals surface area contributed by atoms with Gasteiger partial charge in [0.15, 0.2) is 0 Å². The van der Waals surface area contributed by atoms with Gasteiger partial charge in [0.05, 0.1) is 12.7 Å². The fourth-order valence-electron chi connectivity index (χ4n) is 1.66. The second kappa shape index (κ2) is 4.78. The highest BCUT2D eigenvalue weighted by molar-refractivity contribution is 6.31. The van der Waals surface area contributed by atoms with E-state index in [0.717, 1.165) is 31.1 Å². The molecule has 1 aliphatic heterocycles. The molecule has 1 heterocycles. The summed E-state index contributed by atoms with van der Waals surface area (Å²) in [5.74, 6) is 0. The number of rotatable bonds is 2. The van der Waals surface area contributed by atoms with Crippen LogP contribution in [0.5, 0.6) is 0 Å². The average Bonchev–Trinajstić information content (AvgIpc) is 2.23. The highest BCUT2D eigenvalue weighted by atomic mass is 35.5. The van der Waals surface area contributed by atoms with Crippen molar-refractivity contribution in [2.45, 2.75) is 12.5 Å². The first-order valence-corrected chi connectivity index (χ1v) is 5.30. The third-order valence-electron chi connectivity index (χ3n) is 2.41. The Labute approximate surface area is 89.2 Å². The fraction of sp³-hybridized carbons (Fsp3) is 0.455. The monoisotopic (exact) mass is 211 g/mol. The molecule has 1 aliphatic rings. The second-order valence-electron chi connectivity index (χ2n) is 3.49. The standard InChI is InChI=1S/C11H14ClNO/c12-11-4-2-1-3-9(11)7-10-8-13-5-6-14-10/h1-4,10,13H,5-8H2/t10-/m0/s1. The van der Waals surface area contributed by atoms with Crippen LogP contribution in [0.25, 0.3) is 0 Å². The molecule has 1 N–H and O–H groups in total. The van der Waals surface area contributed by atoms with Crippen molar-refractivity contribution in [3.8, 4) is 0 Å². The smallest absolute Gasteiger partial charge is 0.0740 e. The summed E-state index contributed by atoms with van der Waals surface area (Å²) in [6, 6.07) is 7.94. The lowest BCUT2D eigenvalue weighted by atomic mass is 10.1. The fourth-order valence-corrected chi connectivity index (χ4v) is 1.87. The van der Waals surface area contributed by atoms with Crippen molar-refractivity contribution in [3.05, 3.63) is 34.9 Å². The molecule has 1 aromatic rings. The van der Waals surface area contributed by atoms with Crippen LogP contribution in [-0.2, 0) is 11.2 Å². The number of hydrogen-bond acceptors (Lipinski definition) is 2. The van der Waals surface area contributed by atoms with E-state index < -0.39 is 0 Å². The third kappa shape index (κ3) is 2.47. The lowest BCUT2D eigenvalue weighted by Gasteiger charge is -2.23.